The summed E-state index contributed by atoms with van der Waals surface area (Å²) in [5.74, 6) is 5.80. The second-order valence-corrected chi connectivity index (χ2v) is 14.7. The molecule has 4 nitrogen and oxygen atoms in total. The van der Waals surface area contributed by atoms with Crippen LogP contribution in [0.15, 0.2) is 30.3 Å². The van der Waals surface area contributed by atoms with Gasteiger partial charge in [0.15, 0.2) is 14.1 Å². The molecule has 2 rings (SSSR count). The molecule has 0 aliphatic carbocycles. The van der Waals surface area contributed by atoms with E-state index >= 15 is 0 Å². The van der Waals surface area contributed by atoms with E-state index in [1.807, 2.05) is 32.0 Å². The fourth-order valence-electron chi connectivity index (χ4n) is 3.25. The number of hydrogen-bond donors (Lipinski definition) is 0. The highest BCUT2D eigenvalue weighted by molar-refractivity contribution is 6.74. The molecule has 1 aliphatic heterocycles. The van der Waals surface area contributed by atoms with Crippen molar-refractivity contribution in [2.75, 3.05) is 6.61 Å². The van der Waals surface area contributed by atoms with Crippen molar-refractivity contribution in [3.63, 3.8) is 0 Å². The van der Waals surface area contributed by atoms with E-state index in [0.717, 1.165) is 12.0 Å². The third-order valence-electron chi connectivity index (χ3n) is 5.84. The van der Waals surface area contributed by atoms with Crippen molar-refractivity contribution in [1.29, 1.82) is 0 Å². The zero-order chi connectivity index (χ0) is 22.4. The summed E-state index contributed by atoms with van der Waals surface area (Å²) in [6.07, 6.45) is 0.929. The molecule has 168 valence electrons. The lowest BCUT2D eigenvalue weighted by atomic mass is 10.1. The standard InChI is InChI=1S/C25H40O4Si/c1-9-10-12-17-21(29-30(7,8)24(2,3)4)23-22(27-25(5,6)28-23)19-26-18-20-15-13-11-14-16-20/h11,13-16,21-23H,9,17-19H2,1-8H3/t21-,22-,23-/m0/s1. The van der Waals surface area contributed by atoms with E-state index in [9.17, 15) is 0 Å². The number of rotatable bonds is 8. The van der Waals surface area contributed by atoms with Crippen LogP contribution in [-0.2, 0) is 25.2 Å². The van der Waals surface area contributed by atoms with Gasteiger partial charge in [-0.3, -0.25) is 0 Å². The predicted octanol–water partition coefficient (Wildman–Crippen LogP) is 5.92. The lowest BCUT2D eigenvalue weighted by molar-refractivity contribution is -0.157. The molecule has 0 radical (unpaired) electrons. The van der Waals surface area contributed by atoms with Crippen molar-refractivity contribution >= 4 is 8.32 Å². The van der Waals surface area contributed by atoms with E-state index in [0.29, 0.717) is 19.6 Å². The summed E-state index contributed by atoms with van der Waals surface area (Å²) >= 11 is 0. The maximum Gasteiger partial charge on any atom is 0.192 e. The monoisotopic (exact) mass is 432 g/mol. The molecule has 1 aromatic rings. The van der Waals surface area contributed by atoms with Crippen LogP contribution in [0.5, 0.6) is 0 Å². The third-order valence-corrected chi connectivity index (χ3v) is 10.3. The maximum atomic E-state index is 6.80. The average Bonchev–Trinajstić information content (AvgIpc) is 2.95. The molecule has 1 aliphatic rings. The van der Waals surface area contributed by atoms with Gasteiger partial charge >= 0.3 is 0 Å². The van der Waals surface area contributed by atoms with Crippen molar-refractivity contribution in [3.8, 4) is 11.8 Å². The zero-order valence-electron chi connectivity index (χ0n) is 20.1. The molecule has 1 fully saturated rings. The number of hydrogen-bond acceptors (Lipinski definition) is 4. The van der Waals surface area contributed by atoms with Gasteiger partial charge in [0.05, 0.1) is 19.3 Å². The van der Waals surface area contributed by atoms with Gasteiger partial charge in [-0.05, 0) is 37.5 Å². The fraction of sp³-hybridized carbons (Fsp3) is 0.680. The molecule has 30 heavy (non-hydrogen) atoms. The van der Waals surface area contributed by atoms with Crippen LogP contribution in [0.3, 0.4) is 0 Å². The Bertz CT molecular complexity index is 712. The molecule has 1 saturated heterocycles. The molecular weight excluding hydrogens is 392 g/mol. The van der Waals surface area contributed by atoms with Crippen molar-refractivity contribution in [2.24, 2.45) is 0 Å². The molecule has 0 unspecified atom stereocenters. The topological polar surface area (TPSA) is 36.9 Å². The van der Waals surface area contributed by atoms with Crippen molar-refractivity contribution in [1.82, 2.24) is 0 Å². The molecule has 0 bridgehead atoms. The van der Waals surface area contributed by atoms with Crippen molar-refractivity contribution in [3.05, 3.63) is 35.9 Å². The van der Waals surface area contributed by atoms with Crippen LogP contribution in [0.1, 0.15) is 59.9 Å². The van der Waals surface area contributed by atoms with Gasteiger partial charge in [0.1, 0.15) is 12.2 Å². The van der Waals surface area contributed by atoms with Gasteiger partial charge in [0, 0.05) is 12.8 Å². The summed E-state index contributed by atoms with van der Waals surface area (Å²) in [5, 5.41) is 0.109. The van der Waals surface area contributed by atoms with Crippen LogP contribution in [-0.4, -0.2) is 39.0 Å². The SMILES string of the molecule is CCC#CC[C@H](O[Si](C)(C)C(C)(C)C)[C@@H]1OC(C)(C)O[C@H]1COCc1ccccc1. The number of ether oxygens (including phenoxy) is 3. The van der Waals surface area contributed by atoms with Gasteiger partial charge in [-0.15, -0.1) is 11.8 Å². The smallest absolute Gasteiger partial charge is 0.192 e. The molecule has 0 saturated carbocycles. The minimum absolute atomic E-state index is 0.109. The van der Waals surface area contributed by atoms with E-state index in [4.69, 9.17) is 18.6 Å². The van der Waals surface area contributed by atoms with E-state index in [1.54, 1.807) is 0 Å². The van der Waals surface area contributed by atoms with E-state index in [-0.39, 0.29) is 23.4 Å². The summed E-state index contributed by atoms with van der Waals surface area (Å²) < 4.78 is 25.4. The Hall–Kier alpha value is -1.16. The van der Waals surface area contributed by atoms with Crippen LogP contribution in [0.4, 0.5) is 0 Å². The highest BCUT2D eigenvalue weighted by Crippen LogP contribution is 2.40. The van der Waals surface area contributed by atoms with Gasteiger partial charge in [0.2, 0.25) is 0 Å². The highest BCUT2D eigenvalue weighted by atomic mass is 28.4. The summed E-state index contributed by atoms with van der Waals surface area (Å²) in [6, 6.07) is 10.2. The molecule has 0 aromatic heterocycles. The Morgan fingerprint density at radius 1 is 1.10 bits per heavy atom. The minimum atomic E-state index is -2.00. The lowest BCUT2D eigenvalue weighted by Crippen LogP contribution is -2.49. The Kier molecular flexibility index (Phi) is 8.73. The number of benzene rings is 1. The zero-order valence-corrected chi connectivity index (χ0v) is 21.1. The van der Waals surface area contributed by atoms with E-state index in [2.05, 4.69) is 64.8 Å². The van der Waals surface area contributed by atoms with Gasteiger partial charge < -0.3 is 18.6 Å². The molecule has 5 heteroatoms. The third kappa shape index (κ3) is 7.21. The van der Waals surface area contributed by atoms with Crippen LogP contribution >= 0.6 is 0 Å². The second-order valence-electron chi connectivity index (χ2n) is 9.97. The largest absolute Gasteiger partial charge is 0.410 e. The second kappa shape index (κ2) is 10.4. The Morgan fingerprint density at radius 2 is 1.77 bits per heavy atom. The summed E-state index contributed by atoms with van der Waals surface area (Å²) in [5.41, 5.74) is 1.15. The first-order valence-corrected chi connectivity index (χ1v) is 14.0. The first kappa shape index (κ1) is 25.1. The molecule has 3 atom stereocenters. The fourth-order valence-corrected chi connectivity index (χ4v) is 4.58. The normalized spacial score (nSPS) is 22.4. The minimum Gasteiger partial charge on any atom is -0.410 e. The quantitative estimate of drug-likeness (QED) is 0.377. The van der Waals surface area contributed by atoms with Crippen LogP contribution in [0.2, 0.25) is 18.1 Å². The van der Waals surface area contributed by atoms with E-state index in [1.165, 1.54) is 0 Å². The lowest BCUT2D eigenvalue weighted by Gasteiger charge is -2.40. The van der Waals surface area contributed by atoms with Gasteiger partial charge in [-0.25, -0.2) is 0 Å². The summed E-state index contributed by atoms with van der Waals surface area (Å²) in [6.45, 7) is 18.3. The first-order valence-electron chi connectivity index (χ1n) is 11.1. The average molecular weight is 433 g/mol. The van der Waals surface area contributed by atoms with E-state index < -0.39 is 14.1 Å². The van der Waals surface area contributed by atoms with Crippen LogP contribution in [0.25, 0.3) is 0 Å². The highest BCUT2D eigenvalue weighted by Gasteiger charge is 2.48. The Labute approximate surface area is 184 Å². The molecule has 0 N–H and O–H groups in total. The van der Waals surface area contributed by atoms with Crippen molar-refractivity contribution < 1.29 is 18.6 Å². The van der Waals surface area contributed by atoms with Crippen LogP contribution < -0.4 is 0 Å². The first-order chi connectivity index (χ1) is 14.0. The summed E-state index contributed by atoms with van der Waals surface area (Å²) in [7, 11) is -2.00. The summed E-state index contributed by atoms with van der Waals surface area (Å²) in [4.78, 5) is 0. The molecule has 0 amide bonds. The Morgan fingerprint density at radius 3 is 2.37 bits per heavy atom. The molecule has 1 aromatic carbocycles. The van der Waals surface area contributed by atoms with Gasteiger partial charge in [-0.1, -0.05) is 58.0 Å². The Balaban J connectivity index is 2.15. The maximum absolute atomic E-state index is 6.80. The van der Waals surface area contributed by atoms with Gasteiger partial charge in [0.25, 0.3) is 0 Å². The molecular formula is C25H40O4Si. The van der Waals surface area contributed by atoms with Crippen molar-refractivity contribution in [2.45, 2.75) is 103 Å². The molecule has 0 spiro atoms. The predicted molar refractivity (Wildman–Crippen MR) is 125 cm³/mol. The van der Waals surface area contributed by atoms with Gasteiger partial charge in [-0.2, -0.15) is 0 Å². The molecule has 1 heterocycles. The van der Waals surface area contributed by atoms with Crippen LogP contribution in [0, 0.1) is 11.8 Å².